The van der Waals surface area contributed by atoms with E-state index in [0.29, 0.717) is 5.95 Å². The molecule has 12 aromatic rings. The molecule has 0 spiro atoms. The minimum Gasteiger partial charge on any atom is -0.278 e. The molecule has 0 saturated heterocycles. The predicted molar refractivity (Wildman–Crippen MR) is 282 cm³/mol. The molecule has 67 heavy (non-hydrogen) atoms. The Labute approximate surface area is 394 Å². The van der Waals surface area contributed by atoms with Gasteiger partial charge >= 0.3 is 0 Å². The lowest BCUT2D eigenvalue weighted by Crippen LogP contribution is -2.04. The number of nitrogens with zero attached hydrogens (tertiary/aromatic N) is 4. The summed E-state index contributed by atoms with van der Waals surface area (Å²) in [4.78, 5) is 15.7. The molecule has 0 aliphatic heterocycles. The fourth-order valence-electron chi connectivity index (χ4n) is 9.80. The average Bonchev–Trinajstić information content (AvgIpc) is 3.93. The standard InChI is InChI=1S/C62H46N4S/c1-3-16-48-38-54(61-60(63-48)52-24-13-15-26-59(52)67-61)42-31-28-41(29-32-42)35-47-21-10-11-22-49(47)53-36-45(30-27-40(53)2)46-33-34-51-50-23-12-14-25-57(50)66(58(51)37-46)62-64-55(43-17-6-4-7-18-43)39-56(65-62)44-19-8-5-9-20-44/h4-15,17-34,36-39H,3,16,35H2,1-2H3. The second-order valence-corrected chi connectivity index (χ2v) is 18.6. The number of benzene rings is 8. The molecular weight excluding hydrogens is 833 g/mol. The fraction of sp³-hybridized carbons (Fsp3) is 0.0806. The number of aromatic nitrogens is 4. The maximum atomic E-state index is 5.28. The minimum atomic E-state index is 0.644. The lowest BCUT2D eigenvalue weighted by molar-refractivity contribution is 0.891. The first-order valence-corrected chi connectivity index (χ1v) is 24.0. The lowest BCUT2D eigenvalue weighted by atomic mass is 9.90. The van der Waals surface area contributed by atoms with E-state index in [1.165, 1.54) is 59.1 Å². The number of aryl methyl sites for hydroxylation is 2. The van der Waals surface area contributed by atoms with Crippen molar-refractivity contribution in [2.75, 3.05) is 0 Å². The summed E-state index contributed by atoms with van der Waals surface area (Å²) in [6, 6.07) is 74.3. The molecule has 0 N–H and O–H groups in total. The highest BCUT2D eigenvalue weighted by Gasteiger charge is 2.19. The zero-order chi connectivity index (χ0) is 44.8. The molecule has 12 rings (SSSR count). The van der Waals surface area contributed by atoms with Crippen LogP contribution in [0.2, 0.25) is 0 Å². The van der Waals surface area contributed by atoms with Crippen LogP contribution >= 0.6 is 11.3 Å². The van der Waals surface area contributed by atoms with Crippen molar-refractivity contribution in [2.45, 2.75) is 33.1 Å². The van der Waals surface area contributed by atoms with E-state index in [0.717, 1.165) is 80.5 Å². The van der Waals surface area contributed by atoms with E-state index < -0.39 is 0 Å². The van der Waals surface area contributed by atoms with Crippen molar-refractivity contribution in [3.05, 3.63) is 229 Å². The first-order chi connectivity index (χ1) is 33.1. The van der Waals surface area contributed by atoms with E-state index in [2.05, 4.69) is 213 Å². The Hall–Kier alpha value is -7.99. The van der Waals surface area contributed by atoms with Gasteiger partial charge in [0.05, 0.1) is 32.6 Å². The molecule has 0 aliphatic carbocycles. The highest BCUT2D eigenvalue weighted by atomic mass is 32.1. The molecule has 0 radical (unpaired) electrons. The van der Waals surface area contributed by atoms with Crippen LogP contribution in [0.4, 0.5) is 0 Å². The van der Waals surface area contributed by atoms with Gasteiger partial charge in [0.1, 0.15) is 0 Å². The van der Waals surface area contributed by atoms with Crippen molar-refractivity contribution < 1.29 is 0 Å². The highest BCUT2D eigenvalue weighted by Crippen LogP contribution is 2.41. The Bertz CT molecular complexity index is 3730. The summed E-state index contributed by atoms with van der Waals surface area (Å²) in [5, 5.41) is 3.58. The van der Waals surface area contributed by atoms with Crippen molar-refractivity contribution in [3.63, 3.8) is 0 Å². The third-order valence-corrected chi connectivity index (χ3v) is 14.3. The van der Waals surface area contributed by atoms with Gasteiger partial charge in [-0.2, -0.15) is 0 Å². The zero-order valence-electron chi connectivity index (χ0n) is 37.4. The van der Waals surface area contributed by atoms with Crippen molar-refractivity contribution >= 4 is 53.4 Å². The molecular formula is C62H46N4S. The Kier molecular flexibility index (Phi) is 10.3. The maximum Gasteiger partial charge on any atom is 0.235 e. The molecule has 0 atom stereocenters. The average molecular weight is 879 g/mol. The summed E-state index contributed by atoms with van der Waals surface area (Å²) in [5.41, 5.74) is 19.4. The predicted octanol–water partition coefficient (Wildman–Crippen LogP) is 16.5. The van der Waals surface area contributed by atoms with Gasteiger partial charge in [0, 0.05) is 43.2 Å². The Morgan fingerprint density at radius 1 is 0.463 bits per heavy atom. The van der Waals surface area contributed by atoms with Gasteiger partial charge in [0.15, 0.2) is 0 Å². The van der Waals surface area contributed by atoms with Crippen LogP contribution in [-0.2, 0) is 12.8 Å². The molecule has 0 aliphatic rings. The molecule has 5 heteroatoms. The van der Waals surface area contributed by atoms with E-state index in [1.807, 2.05) is 23.5 Å². The van der Waals surface area contributed by atoms with Crippen LogP contribution in [0.3, 0.4) is 0 Å². The van der Waals surface area contributed by atoms with Crippen molar-refractivity contribution in [1.82, 2.24) is 19.5 Å². The third kappa shape index (κ3) is 7.48. The van der Waals surface area contributed by atoms with Crippen LogP contribution in [0.15, 0.2) is 206 Å². The van der Waals surface area contributed by atoms with Crippen LogP contribution in [0, 0.1) is 6.92 Å². The SMILES string of the molecule is CCCc1cc(-c2ccc(Cc3ccccc3-c3cc(-c4ccc5c6ccccc6n(-c6nc(-c7ccccc7)cc(-c7ccccc7)n6)c5c4)ccc3C)cc2)c2sc3ccccc3c2n1. The number of thiophene rings is 1. The Balaban J connectivity index is 0.917. The zero-order valence-corrected chi connectivity index (χ0v) is 38.3. The second kappa shape index (κ2) is 17.1. The first kappa shape index (κ1) is 40.5. The van der Waals surface area contributed by atoms with Crippen molar-refractivity contribution in [1.29, 1.82) is 0 Å². The number of hydrogen-bond acceptors (Lipinski definition) is 4. The third-order valence-electron chi connectivity index (χ3n) is 13.2. The molecule has 0 fully saturated rings. The molecule has 0 amide bonds. The van der Waals surface area contributed by atoms with E-state index in [-0.39, 0.29) is 0 Å². The van der Waals surface area contributed by atoms with Gasteiger partial charge in [-0.05, 0) is 101 Å². The quantitative estimate of drug-likeness (QED) is 0.137. The van der Waals surface area contributed by atoms with Crippen LogP contribution in [-0.4, -0.2) is 19.5 Å². The number of rotatable bonds is 10. The molecule has 0 saturated carbocycles. The second-order valence-electron chi connectivity index (χ2n) is 17.5. The molecule has 4 nitrogen and oxygen atoms in total. The Morgan fingerprint density at radius 3 is 1.85 bits per heavy atom. The molecule has 0 unspecified atom stereocenters. The largest absolute Gasteiger partial charge is 0.278 e. The maximum absolute atomic E-state index is 5.28. The smallest absolute Gasteiger partial charge is 0.235 e. The van der Waals surface area contributed by atoms with Crippen LogP contribution in [0.1, 0.15) is 35.7 Å². The van der Waals surface area contributed by atoms with Crippen molar-refractivity contribution in [3.8, 4) is 61.8 Å². The summed E-state index contributed by atoms with van der Waals surface area (Å²) in [5.74, 6) is 0.644. The number of hydrogen-bond donors (Lipinski definition) is 0. The van der Waals surface area contributed by atoms with Gasteiger partial charge in [-0.1, -0.05) is 183 Å². The van der Waals surface area contributed by atoms with E-state index in [1.54, 1.807) is 0 Å². The molecule has 4 aromatic heterocycles. The fourth-order valence-corrected chi connectivity index (χ4v) is 11.0. The van der Waals surface area contributed by atoms with Gasteiger partial charge in [-0.15, -0.1) is 11.3 Å². The Morgan fingerprint density at radius 2 is 1.09 bits per heavy atom. The van der Waals surface area contributed by atoms with Gasteiger partial charge < -0.3 is 0 Å². The van der Waals surface area contributed by atoms with Gasteiger partial charge in [0.2, 0.25) is 5.95 Å². The molecule has 320 valence electrons. The molecule has 4 heterocycles. The van der Waals surface area contributed by atoms with Crippen LogP contribution in [0.5, 0.6) is 0 Å². The number of fused-ring (bicyclic) bond motifs is 6. The van der Waals surface area contributed by atoms with E-state index >= 15 is 0 Å². The summed E-state index contributed by atoms with van der Waals surface area (Å²) < 4.78 is 4.79. The van der Waals surface area contributed by atoms with E-state index in [4.69, 9.17) is 15.0 Å². The first-order valence-electron chi connectivity index (χ1n) is 23.2. The number of pyridine rings is 1. The topological polar surface area (TPSA) is 43.6 Å². The highest BCUT2D eigenvalue weighted by molar-refractivity contribution is 7.26. The van der Waals surface area contributed by atoms with Crippen LogP contribution < -0.4 is 0 Å². The minimum absolute atomic E-state index is 0.644. The molecule has 8 aromatic carbocycles. The summed E-state index contributed by atoms with van der Waals surface area (Å²) in [7, 11) is 0. The summed E-state index contributed by atoms with van der Waals surface area (Å²) >= 11 is 1.85. The molecule has 0 bridgehead atoms. The van der Waals surface area contributed by atoms with Crippen molar-refractivity contribution in [2.24, 2.45) is 0 Å². The van der Waals surface area contributed by atoms with Crippen LogP contribution in [0.25, 0.3) is 104 Å². The lowest BCUT2D eigenvalue weighted by Gasteiger charge is -2.15. The van der Waals surface area contributed by atoms with E-state index in [9.17, 15) is 0 Å². The monoisotopic (exact) mass is 878 g/mol. The van der Waals surface area contributed by atoms with Gasteiger partial charge in [0.25, 0.3) is 0 Å². The summed E-state index contributed by atoms with van der Waals surface area (Å²) in [6.07, 6.45) is 2.86. The normalized spacial score (nSPS) is 11.6. The van der Waals surface area contributed by atoms with Gasteiger partial charge in [-0.25, -0.2) is 9.97 Å². The van der Waals surface area contributed by atoms with Gasteiger partial charge in [-0.3, -0.25) is 9.55 Å². The summed E-state index contributed by atoms with van der Waals surface area (Å²) in [6.45, 7) is 4.45. The number of para-hydroxylation sites is 1.